The van der Waals surface area contributed by atoms with Gasteiger partial charge in [-0.15, -0.1) is 24.0 Å². The molecule has 13 heavy (non-hydrogen) atoms. The number of ether oxygens (including phenoxy) is 1. The number of aromatic hydroxyl groups is 1. The molecule has 1 heterocycles. The molecule has 1 aromatic heterocycles. The van der Waals surface area contributed by atoms with Crippen molar-refractivity contribution in [2.45, 2.75) is 4.21 Å². The summed E-state index contributed by atoms with van der Waals surface area (Å²) in [5.74, 6) is 0.908. The third kappa shape index (κ3) is 1.47. The third-order valence-corrected chi connectivity index (χ3v) is 3.10. The minimum atomic E-state index is 0.242. The summed E-state index contributed by atoms with van der Waals surface area (Å²) in [6.45, 7) is 0. The monoisotopic (exact) mass is 212 g/mol. The predicted octanol–water partition coefficient (Wildman–Crippen LogP) is 2.90. The summed E-state index contributed by atoms with van der Waals surface area (Å²) in [7, 11) is 1.58. The van der Waals surface area contributed by atoms with Crippen LogP contribution in [0.25, 0.3) is 10.1 Å². The SMILES string of the molecule is COc1cc(O)c2cc(S)sc2c1. The minimum Gasteiger partial charge on any atom is -0.507 e. The molecular weight excluding hydrogens is 204 g/mol. The third-order valence-electron chi connectivity index (χ3n) is 1.81. The van der Waals surface area contributed by atoms with Crippen LogP contribution in [0.1, 0.15) is 0 Å². The number of thiol groups is 1. The minimum absolute atomic E-state index is 0.242. The van der Waals surface area contributed by atoms with Gasteiger partial charge in [0.05, 0.1) is 11.3 Å². The second kappa shape index (κ2) is 3.12. The van der Waals surface area contributed by atoms with E-state index in [1.54, 1.807) is 13.2 Å². The zero-order chi connectivity index (χ0) is 9.42. The molecule has 0 aliphatic carbocycles. The number of phenolic OH excluding ortho intramolecular Hbond substituents is 1. The Hall–Kier alpha value is -0.870. The molecule has 2 aromatic rings. The van der Waals surface area contributed by atoms with E-state index >= 15 is 0 Å². The van der Waals surface area contributed by atoms with Crippen LogP contribution in [0.3, 0.4) is 0 Å². The quantitative estimate of drug-likeness (QED) is 0.712. The molecule has 0 aliphatic heterocycles. The van der Waals surface area contributed by atoms with Crippen LogP contribution in [0.15, 0.2) is 22.4 Å². The van der Waals surface area contributed by atoms with E-state index in [1.807, 2.05) is 12.1 Å². The van der Waals surface area contributed by atoms with Gasteiger partial charge in [-0.05, 0) is 12.1 Å². The highest BCUT2D eigenvalue weighted by atomic mass is 32.2. The predicted molar refractivity (Wildman–Crippen MR) is 57.3 cm³/mol. The highest BCUT2D eigenvalue weighted by molar-refractivity contribution is 7.83. The van der Waals surface area contributed by atoms with Gasteiger partial charge in [0.25, 0.3) is 0 Å². The fraction of sp³-hybridized carbons (Fsp3) is 0.111. The van der Waals surface area contributed by atoms with E-state index in [9.17, 15) is 5.11 Å². The Balaban J connectivity index is 2.75. The molecule has 0 amide bonds. The number of fused-ring (bicyclic) bond motifs is 1. The molecular formula is C9H8O2S2. The first-order valence-electron chi connectivity index (χ1n) is 3.70. The van der Waals surface area contributed by atoms with Gasteiger partial charge in [0.1, 0.15) is 11.5 Å². The van der Waals surface area contributed by atoms with Crippen LogP contribution in [0.5, 0.6) is 11.5 Å². The highest BCUT2D eigenvalue weighted by Crippen LogP contribution is 2.37. The van der Waals surface area contributed by atoms with Gasteiger partial charge in [0.15, 0.2) is 0 Å². The van der Waals surface area contributed by atoms with Gasteiger partial charge in [-0.1, -0.05) is 0 Å². The molecule has 1 aromatic carbocycles. The molecule has 68 valence electrons. The summed E-state index contributed by atoms with van der Waals surface area (Å²) in [5, 5.41) is 10.4. The maximum Gasteiger partial charge on any atom is 0.127 e. The largest absolute Gasteiger partial charge is 0.507 e. The average Bonchev–Trinajstić information content (AvgIpc) is 2.46. The Bertz CT molecular complexity index is 448. The normalized spacial score (nSPS) is 10.6. The van der Waals surface area contributed by atoms with Crippen molar-refractivity contribution in [2.24, 2.45) is 0 Å². The van der Waals surface area contributed by atoms with Crippen molar-refractivity contribution in [3.63, 3.8) is 0 Å². The van der Waals surface area contributed by atoms with Gasteiger partial charge >= 0.3 is 0 Å². The summed E-state index contributed by atoms with van der Waals surface area (Å²) in [4.78, 5) is 0. The van der Waals surface area contributed by atoms with Crippen LogP contribution in [0, 0.1) is 0 Å². The molecule has 0 radical (unpaired) electrons. The van der Waals surface area contributed by atoms with Crippen molar-refractivity contribution >= 4 is 34.1 Å². The number of phenols is 1. The zero-order valence-electron chi connectivity index (χ0n) is 6.94. The molecule has 0 bridgehead atoms. The lowest BCUT2D eigenvalue weighted by Crippen LogP contribution is -1.80. The first kappa shape index (κ1) is 8.72. The molecule has 0 aliphatic rings. The summed E-state index contributed by atoms with van der Waals surface area (Å²) >= 11 is 5.74. The molecule has 2 rings (SSSR count). The van der Waals surface area contributed by atoms with Crippen LogP contribution in [-0.2, 0) is 0 Å². The Kier molecular flexibility index (Phi) is 2.09. The summed E-state index contributed by atoms with van der Waals surface area (Å²) in [5.41, 5.74) is 0. The van der Waals surface area contributed by atoms with Crippen LogP contribution in [0.4, 0.5) is 0 Å². The molecule has 0 atom stereocenters. The molecule has 0 unspecified atom stereocenters. The van der Waals surface area contributed by atoms with E-state index in [0.29, 0.717) is 5.75 Å². The van der Waals surface area contributed by atoms with Crippen molar-refractivity contribution in [1.82, 2.24) is 0 Å². The van der Waals surface area contributed by atoms with Crippen LogP contribution >= 0.6 is 24.0 Å². The van der Waals surface area contributed by atoms with E-state index in [1.165, 1.54) is 11.3 Å². The van der Waals surface area contributed by atoms with Gasteiger partial charge in [0.2, 0.25) is 0 Å². The Morgan fingerprint density at radius 3 is 2.85 bits per heavy atom. The smallest absolute Gasteiger partial charge is 0.127 e. The average molecular weight is 212 g/mol. The number of rotatable bonds is 1. The molecule has 1 N–H and O–H groups in total. The lowest BCUT2D eigenvalue weighted by Gasteiger charge is -2.00. The fourth-order valence-electron chi connectivity index (χ4n) is 1.20. The lowest BCUT2D eigenvalue weighted by molar-refractivity contribution is 0.409. The second-order valence-corrected chi connectivity index (χ2v) is 4.51. The number of benzene rings is 1. The van der Waals surface area contributed by atoms with Gasteiger partial charge in [-0.3, -0.25) is 0 Å². The van der Waals surface area contributed by atoms with E-state index in [4.69, 9.17) is 4.74 Å². The van der Waals surface area contributed by atoms with Gasteiger partial charge in [-0.25, -0.2) is 0 Å². The summed E-state index contributed by atoms with van der Waals surface area (Å²) in [6.07, 6.45) is 0. The Labute approximate surface area is 85.2 Å². The number of hydrogen-bond donors (Lipinski definition) is 2. The standard InChI is InChI=1S/C9H8O2S2/c1-11-5-2-7(10)6-4-9(12)13-8(6)3-5/h2-4,10,12H,1H3. The van der Waals surface area contributed by atoms with Crippen LogP contribution in [-0.4, -0.2) is 12.2 Å². The first-order chi connectivity index (χ1) is 6.20. The topological polar surface area (TPSA) is 29.5 Å². The fourth-order valence-corrected chi connectivity index (χ4v) is 2.48. The van der Waals surface area contributed by atoms with Gasteiger partial charge in [0, 0.05) is 16.2 Å². The van der Waals surface area contributed by atoms with Crippen molar-refractivity contribution in [3.8, 4) is 11.5 Å². The molecule has 0 saturated heterocycles. The number of methoxy groups -OCH3 is 1. The maximum atomic E-state index is 9.59. The van der Waals surface area contributed by atoms with Crippen molar-refractivity contribution in [1.29, 1.82) is 0 Å². The first-order valence-corrected chi connectivity index (χ1v) is 4.96. The molecule has 0 saturated carbocycles. The van der Waals surface area contributed by atoms with Crippen LogP contribution < -0.4 is 4.74 Å². The van der Waals surface area contributed by atoms with Crippen molar-refractivity contribution in [2.75, 3.05) is 7.11 Å². The number of thiophene rings is 1. The summed E-state index contributed by atoms with van der Waals surface area (Å²) < 4.78 is 6.91. The summed E-state index contributed by atoms with van der Waals surface area (Å²) in [6, 6.07) is 5.33. The van der Waals surface area contributed by atoms with Crippen LogP contribution in [0.2, 0.25) is 0 Å². The molecule has 4 heteroatoms. The molecule has 0 spiro atoms. The van der Waals surface area contributed by atoms with Gasteiger partial charge in [-0.2, -0.15) is 0 Å². The Morgan fingerprint density at radius 1 is 1.38 bits per heavy atom. The lowest BCUT2D eigenvalue weighted by atomic mass is 10.2. The molecule has 2 nitrogen and oxygen atoms in total. The van der Waals surface area contributed by atoms with E-state index < -0.39 is 0 Å². The van der Waals surface area contributed by atoms with E-state index in [0.717, 1.165) is 14.3 Å². The van der Waals surface area contributed by atoms with Crippen molar-refractivity contribution < 1.29 is 9.84 Å². The maximum absolute atomic E-state index is 9.59. The Morgan fingerprint density at radius 2 is 2.15 bits per heavy atom. The zero-order valence-corrected chi connectivity index (χ0v) is 8.65. The van der Waals surface area contributed by atoms with E-state index in [2.05, 4.69) is 12.6 Å². The number of hydrogen-bond acceptors (Lipinski definition) is 4. The van der Waals surface area contributed by atoms with Gasteiger partial charge < -0.3 is 9.84 Å². The second-order valence-electron chi connectivity index (χ2n) is 2.64. The molecule has 0 fully saturated rings. The highest BCUT2D eigenvalue weighted by Gasteiger charge is 2.06. The van der Waals surface area contributed by atoms with Crippen molar-refractivity contribution in [3.05, 3.63) is 18.2 Å². The van der Waals surface area contributed by atoms with E-state index in [-0.39, 0.29) is 5.75 Å².